The standard InChI is InChI=1S/C28H31P/c1-27(2,3)29(28(4,5)6)26-18-12-11-17-24(26)25-19-20-13-7-8-14-21(20)22-15-9-10-16-23(22)25/h7-19H,1-6H3. The summed E-state index contributed by atoms with van der Waals surface area (Å²) in [6.45, 7) is 14.4. The summed E-state index contributed by atoms with van der Waals surface area (Å²) in [5, 5.41) is 7.31. The fraction of sp³-hybridized carbons (Fsp3) is 0.286. The molecule has 148 valence electrons. The molecule has 4 aromatic carbocycles. The summed E-state index contributed by atoms with van der Waals surface area (Å²) in [6, 6.07) is 29.2. The Labute approximate surface area is 176 Å². The minimum Gasteiger partial charge on any atom is -0.0636 e. The van der Waals surface area contributed by atoms with E-state index in [1.54, 1.807) is 0 Å². The molecule has 0 aliphatic heterocycles. The summed E-state index contributed by atoms with van der Waals surface area (Å²) in [7, 11) is -0.381. The van der Waals surface area contributed by atoms with Crippen molar-refractivity contribution in [3.63, 3.8) is 0 Å². The van der Waals surface area contributed by atoms with Crippen LogP contribution in [-0.2, 0) is 0 Å². The lowest BCUT2D eigenvalue weighted by Crippen LogP contribution is -2.31. The van der Waals surface area contributed by atoms with Crippen molar-refractivity contribution in [2.45, 2.75) is 51.9 Å². The van der Waals surface area contributed by atoms with E-state index < -0.39 is 0 Å². The fourth-order valence-electron chi connectivity index (χ4n) is 4.90. The van der Waals surface area contributed by atoms with Crippen LogP contribution in [-0.4, -0.2) is 10.3 Å². The van der Waals surface area contributed by atoms with Gasteiger partial charge < -0.3 is 0 Å². The van der Waals surface area contributed by atoms with E-state index in [1.807, 2.05) is 0 Å². The van der Waals surface area contributed by atoms with E-state index in [4.69, 9.17) is 0 Å². The molecule has 0 N–H and O–H groups in total. The van der Waals surface area contributed by atoms with E-state index in [2.05, 4.69) is 120 Å². The molecule has 0 bridgehead atoms. The quantitative estimate of drug-likeness (QED) is 0.235. The first-order valence-electron chi connectivity index (χ1n) is 10.5. The summed E-state index contributed by atoms with van der Waals surface area (Å²) in [6.07, 6.45) is 0. The Morgan fingerprint density at radius 2 is 1.03 bits per heavy atom. The largest absolute Gasteiger partial charge is 0.0636 e. The van der Waals surface area contributed by atoms with E-state index in [0.29, 0.717) is 0 Å². The molecule has 0 nitrogen and oxygen atoms in total. The molecule has 0 heterocycles. The summed E-state index contributed by atoms with van der Waals surface area (Å²) < 4.78 is 0. The third kappa shape index (κ3) is 3.72. The summed E-state index contributed by atoms with van der Waals surface area (Å²) in [5.74, 6) is 0. The zero-order valence-electron chi connectivity index (χ0n) is 18.5. The van der Waals surface area contributed by atoms with Crippen LogP contribution >= 0.6 is 7.92 Å². The van der Waals surface area contributed by atoms with Crippen molar-refractivity contribution in [1.82, 2.24) is 0 Å². The highest BCUT2D eigenvalue weighted by atomic mass is 31.1. The maximum absolute atomic E-state index is 2.40. The third-order valence-electron chi connectivity index (χ3n) is 5.54. The number of benzene rings is 4. The van der Waals surface area contributed by atoms with Gasteiger partial charge in [0, 0.05) is 0 Å². The second kappa shape index (κ2) is 7.26. The van der Waals surface area contributed by atoms with Crippen LogP contribution in [0.5, 0.6) is 0 Å². The van der Waals surface area contributed by atoms with Crippen molar-refractivity contribution in [3.05, 3.63) is 78.9 Å². The first-order chi connectivity index (χ1) is 13.7. The van der Waals surface area contributed by atoms with Crippen molar-refractivity contribution < 1.29 is 0 Å². The van der Waals surface area contributed by atoms with Gasteiger partial charge in [0.1, 0.15) is 0 Å². The number of hydrogen-bond donors (Lipinski definition) is 0. The normalized spacial score (nSPS) is 12.8. The van der Waals surface area contributed by atoms with Crippen LogP contribution in [0.3, 0.4) is 0 Å². The Balaban J connectivity index is 2.08. The molecule has 0 amide bonds. The van der Waals surface area contributed by atoms with Gasteiger partial charge in [0.05, 0.1) is 0 Å². The van der Waals surface area contributed by atoms with Crippen LogP contribution in [0.1, 0.15) is 41.5 Å². The number of fused-ring (bicyclic) bond motifs is 3. The molecule has 0 atom stereocenters. The molecule has 0 aromatic heterocycles. The van der Waals surface area contributed by atoms with Crippen LogP contribution in [0.15, 0.2) is 78.9 Å². The van der Waals surface area contributed by atoms with E-state index in [1.165, 1.54) is 38.0 Å². The van der Waals surface area contributed by atoms with Crippen molar-refractivity contribution in [3.8, 4) is 11.1 Å². The molecule has 0 aliphatic rings. The maximum atomic E-state index is 2.40. The molecular formula is C28H31P. The second-order valence-electron chi connectivity index (χ2n) is 9.89. The molecule has 4 rings (SSSR count). The summed E-state index contributed by atoms with van der Waals surface area (Å²) in [5.41, 5.74) is 2.75. The monoisotopic (exact) mass is 398 g/mol. The van der Waals surface area contributed by atoms with Gasteiger partial charge in [-0.1, -0.05) is 122 Å². The highest BCUT2D eigenvalue weighted by molar-refractivity contribution is 7.68. The van der Waals surface area contributed by atoms with Crippen LogP contribution in [0.4, 0.5) is 0 Å². The highest BCUT2D eigenvalue weighted by Gasteiger charge is 2.37. The Bertz CT molecular complexity index is 1160. The molecule has 29 heavy (non-hydrogen) atoms. The van der Waals surface area contributed by atoms with Crippen LogP contribution in [0.2, 0.25) is 0 Å². The Morgan fingerprint density at radius 3 is 1.69 bits per heavy atom. The predicted octanol–water partition coefficient (Wildman–Crippen LogP) is 8.36. The predicted molar refractivity (Wildman–Crippen MR) is 133 cm³/mol. The summed E-state index contributed by atoms with van der Waals surface area (Å²) in [4.78, 5) is 0. The highest BCUT2D eigenvalue weighted by Crippen LogP contribution is 2.59. The minimum atomic E-state index is -0.381. The van der Waals surface area contributed by atoms with Crippen LogP contribution in [0, 0.1) is 0 Å². The molecule has 0 saturated carbocycles. The van der Waals surface area contributed by atoms with Gasteiger partial charge in [-0.05, 0) is 54.4 Å². The molecular weight excluding hydrogens is 367 g/mol. The summed E-state index contributed by atoms with van der Waals surface area (Å²) >= 11 is 0. The average Bonchev–Trinajstić information content (AvgIpc) is 2.66. The lowest BCUT2D eigenvalue weighted by atomic mass is 9.93. The molecule has 0 spiro atoms. The Morgan fingerprint density at radius 1 is 0.517 bits per heavy atom. The average molecular weight is 399 g/mol. The maximum Gasteiger partial charge on any atom is -0.00926 e. The molecule has 0 saturated heterocycles. The smallest absolute Gasteiger partial charge is 0.00926 e. The van der Waals surface area contributed by atoms with Gasteiger partial charge in [0.2, 0.25) is 0 Å². The van der Waals surface area contributed by atoms with Crippen molar-refractivity contribution in [1.29, 1.82) is 0 Å². The van der Waals surface area contributed by atoms with Crippen LogP contribution < -0.4 is 5.30 Å². The van der Waals surface area contributed by atoms with E-state index >= 15 is 0 Å². The first kappa shape index (κ1) is 20.1. The lowest BCUT2D eigenvalue weighted by Gasteiger charge is -2.42. The fourth-order valence-corrected chi connectivity index (χ4v) is 9.03. The number of rotatable bonds is 2. The minimum absolute atomic E-state index is 0.232. The van der Waals surface area contributed by atoms with Crippen molar-refractivity contribution in [2.75, 3.05) is 0 Å². The van der Waals surface area contributed by atoms with Gasteiger partial charge >= 0.3 is 0 Å². The van der Waals surface area contributed by atoms with Gasteiger partial charge in [-0.2, -0.15) is 0 Å². The zero-order valence-corrected chi connectivity index (χ0v) is 19.3. The topological polar surface area (TPSA) is 0 Å². The number of hydrogen-bond acceptors (Lipinski definition) is 0. The van der Waals surface area contributed by atoms with Gasteiger partial charge in [0.15, 0.2) is 0 Å². The molecule has 0 fully saturated rings. The van der Waals surface area contributed by atoms with E-state index in [0.717, 1.165) is 0 Å². The second-order valence-corrected chi connectivity index (χ2v) is 13.7. The van der Waals surface area contributed by atoms with Crippen LogP contribution in [0.25, 0.3) is 32.7 Å². The molecule has 0 radical (unpaired) electrons. The van der Waals surface area contributed by atoms with Crippen molar-refractivity contribution in [2.24, 2.45) is 0 Å². The van der Waals surface area contributed by atoms with E-state index in [9.17, 15) is 0 Å². The molecule has 0 unspecified atom stereocenters. The molecule has 1 heteroatoms. The van der Waals surface area contributed by atoms with Crippen molar-refractivity contribution >= 4 is 34.8 Å². The molecule has 0 aliphatic carbocycles. The Kier molecular flexibility index (Phi) is 5.04. The first-order valence-corrected chi connectivity index (χ1v) is 11.8. The van der Waals surface area contributed by atoms with Gasteiger partial charge in [0.25, 0.3) is 0 Å². The van der Waals surface area contributed by atoms with Gasteiger partial charge in [-0.3, -0.25) is 0 Å². The lowest BCUT2D eigenvalue weighted by molar-refractivity contribution is 0.715. The Hall–Kier alpha value is -2.17. The SMILES string of the molecule is CC(C)(C)P(c1ccccc1-c1cc2ccccc2c2ccccc12)C(C)(C)C. The molecule has 4 aromatic rings. The van der Waals surface area contributed by atoms with Gasteiger partial charge in [-0.25, -0.2) is 0 Å². The zero-order chi connectivity index (χ0) is 20.8. The van der Waals surface area contributed by atoms with E-state index in [-0.39, 0.29) is 18.2 Å². The van der Waals surface area contributed by atoms with Gasteiger partial charge in [-0.15, -0.1) is 0 Å². The third-order valence-corrected chi connectivity index (χ3v) is 9.10.